The second-order valence-electron chi connectivity index (χ2n) is 2.73. The molecule has 3 nitrogen and oxygen atoms in total. The van der Waals surface area contributed by atoms with Crippen molar-refractivity contribution in [3.8, 4) is 0 Å². The van der Waals surface area contributed by atoms with Gasteiger partial charge < -0.3 is 5.11 Å². The highest BCUT2D eigenvalue weighted by atomic mass is 16.7. The summed E-state index contributed by atoms with van der Waals surface area (Å²) in [6.07, 6.45) is 2.25. The molecular formula is C9H19NO2. The summed E-state index contributed by atoms with van der Waals surface area (Å²) >= 11 is 0. The van der Waals surface area contributed by atoms with E-state index in [1.165, 1.54) is 0 Å². The molecule has 0 aromatic carbocycles. The molecule has 72 valence electrons. The lowest BCUT2D eigenvalue weighted by Gasteiger charge is -2.19. The zero-order valence-corrected chi connectivity index (χ0v) is 7.99. The average Bonchev–Trinajstić information content (AvgIpc) is 2.01. The summed E-state index contributed by atoms with van der Waals surface area (Å²) in [4.78, 5) is 5.28. The molecule has 12 heavy (non-hydrogen) atoms. The van der Waals surface area contributed by atoms with Gasteiger partial charge in [0.25, 0.3) is 0 Å². The Kier molecular flexibility index (Phi) is 7.05. The number of nitrogens with zero attached hydrogens (tertiary/aromatic N) is 1. The Hall–Kier alpha value is -0.380. The fourth-order valence-corrected chi connectivity index (χ4v) is 0.866. The molecule has 0 heterocycles. The highest BCUT2D eigenvalue weighted by Crippen LogP contribution is 1.96. The van der Waals surface area contributed by atoms with Crippen LogP contribution >= 0.6 is 0 Å². The molecule has 0 aliphatic rings. The van der Waals surface area contributed by atoms with Crippen molar-refractivity contribution < 1.29 is 9.94 Å². The van der Waals surface area contributed by atoms with Crippen molar-refractivity contribution in [1.29, 1.82) is 0 Å². The Morgan fingerprint density at radius 3 is 2.75 bits per heavy atom. The lowest BCUT2D eigenvalue weighted by Crippen LogP contribution is -2.27. The molecule has 0 rings (SSSR count). The van der Waals surface area contributed by atoms with Crippen molar-refractivity contribution in [1.82, 2.24) is 5.06 Å². The molecule has 0 spiro atoms. The average molecular weight is 173 g/mol. The van der Waals surface area contributed by atoms with Gasteiger partial charge in [-0.15, -0.1) is 6.58 Å². The van der Waals surface area contributed by atoms with Crippen LogP contribution < -0.4 is 0 Å². The van der Waals surface area contributed by atoms with Gasteiger partial charge >= 0.3 is 0 Å². The summed E-state index contributed by atoms with van der Waals surface area (Å²) in [6, 6.07) is 0. The first-order valence-corrected chi connectivity index (χ1v) is 4.37. The molecule has 1 atom stereocenters. The van der Waals surface area contributed by atoms with E-state index in [-0.39, 0.29) is 6.10 Å². The first kappa shape index (κ1) is 11.6. The number of hydroxylamine groups is 2. The minimum absolute atomic E-state index is 0.266. The molecule has 0 fully saturated rings. The smallest absolute Gasteiger partial charge is 0.0657 e. The molecule has 1 unspecified atom stereocenters. The number of hydrogen-bond donors (Lipinski definition) is 1. The van der Waals surface area contributed by atoms with E-state index in [4.69, 9.17) is 9.94 Å². The molecule has 0 radical (unpaired) electrons. The first-order chi connectivity index (χ1) is 5.70. The normalized spacial score (nSPS) is 13.3. The highest BCUT2D eigenvalue weighted by molar-refractivity contribution is 4.69. The van der Waals surface area contributed by atoms with E-state index in [1.807, 2.05) is 6.92 Å². The van der Waals surface area contributed by atoms with Crippen molar-refractivity contribution in [2.45, 2.75) is 26.4 Å². The van der Waals surface area contributed by atoms with Crippen LogP contribution in [-0.2, 0) is 4.84 Å². The van der Waals surface area contributed by atoms with E-state index < -0.39 is 0 Å². The summed E-state index contributed by atoms with van der Waals surface area (Å²) in [6.45, 7) is 9.46. The second kappa shape index (κ2) is 7.28. The molecule has 0 aliphatic heterocycles. The van der Waals surface area contributed by atoms with Gasteiger partial charge in [-0.05, 0) is 20.3 Å². The quantitative estimate of drug-likeness (QED) is 0.464. The van der Waals surface area contributed by atoms with Gasteiger partial charge in [-0.1, -0.05) is 6.08 Å². The molecule has 0 saturated heterocycles. The van der Waals surface area contributed by atoms with Gasteiger partial charge in [0, 0.05) is 13.1 Å². The van der Waals surface area contributed by atoms with E-state index in [0.29, 0.717) is 13.2 Å². The van der Waals surface area contributed by atoms with Crippen LogP contribution in [0.1, 0.15) is 20.3 Å². The Morgan fingerprint density at radius 2 is 2.33 bits per heavy atom. The van der Waals surface area contributed by atoms with Crippen LogP contribution in [0.4, 0.5) is 0 Å². The van der Waals surface area contributed by atoms with Gasteiger partial charge in [0.05, 0.1) is 12.7 Å². The van der Waals surface area contributed by atoms with Crippen LogP contribution in [0.5, 0.6) is 0 Å². The predicted octanol–water partition coefficient (Wildman–Crippen LogP) is 1.20. The monoisotopic (exact) mass is 173 g/mol. The summed E-state index contributed by atoms with van der Waals surface area (Å²) in [5, 5.41) is 10.8. The zero-order valence-electron chi connectivity index (χ0n) is 7.99. The van der Waals surface area contributed by atoms with E-state index >= 15 is 0 Å². The van der Waals surface area contributed by atoms with E-state index in [2.05, 4.69) is 6.58 Å². The van der Waals surface area contributed by atoms with Crippen molar-refractivity contribution in [2.24, 2.45) is 0 Å². The maximum atomic E-state index is 9.03. The highest BCUT2D eigenvalue weighted by Gasteiger charge is 2.03. The van der Waals surface area contributed by atoms with Gasteiger partial charge in [-0.3, -0.25) is 4.84 Å². The van der Waals surface area contributed by atoms with Crippen molar-refractivity contribution in [3.05, 3.63) is 12.7 Å². The molecule has 0 bridgehead atoms. The standard InChI is InChI=1S/C9H19NO2/c1-4-7-10(12-5-2)8-6-9(3)11/h4,9,11H,1,5-8H2,2-3H3. The van der Waals surface area contributed by atoms with Gasteiger partial charge in [0.2, 0.25) is 0 Å². The summed E-state index contributed by atoms with van der Waals surface area (Å²) in [5.41, 5.74) is 0. The minimum atomic E-state index is -0.266. The zero-order chi connectivity index (χ0) is 9.40. The number of aliphatic hydroxyl groups excluding tert-OH is 1. The molecule has 0 aliphatic carbocycles. The van der Waals surface area contributed by atoms with Crippen LogP contribution in [0.25, 0.3) is 0 Å². The predicted molar refractivity (Wildman–Crippen MR) is 49.7 cm³/mol. The maximum Gasteiger partial charge on any atom is 0.0657 e. The lowest BCUT2D eigenvalue weighted by molar-refractivity contribution is -0.150. The minimum Gasteiger partial charge on any atom is -0.393 e. The van der Waals surface area contributed by atoms with Crippen LogP contribution in [0.3, 0.4) is 0 Å². The summed E-state index contributed by atoms with van der Waals surface area (Å²) in [5.74, 6) is 0. The van der Waals surface area contributed by atoms with Crippen LogP contribution in [-0.4, -0.2) is 36.0 Å². The van der Waals surface area contributed by atoms with E-state index in [9.17, 15) is 0 Å². The van der Waals surface area contributed by atoms with Crippen molar-refractivity contribution in [3.63, 3.8) is 0 Å². The van der Waals surface area contributed by atoms with Gasteiger partial charge in [-0.2, -0.15) is 5.06 Å². The molecule has 0 amide bonds. The number of rotatable bonds is 7. The summed E-state index contributed by atoms with van der Waals surface area (Å²) in [7, 11) is 0. The Balaban J connectivity index is 3.54. The molecule has 0 saturated carbocycles. The summed E-state index contributed by atoms with van der Waals surface area (Å²) < 4.78 is 0. The fraction of sp³-hybridized carbons (Fsp3) is 0.778. The molecule has 0 aromatic heterocycles. The second-order valence-corrected chi connectivity index (χ2v) is 2.73. The van der Waals surface area contributed by atoms with Crippen LogP contribution in [0, 0.1) is 0 Å². The third kappa shape index (κ3) is 6.34. The Bertz CT molecular complexity index is 115. The van der Waals surface area contributed by atoms with Gasteiger partial charge in [0.15, 0.2) is 0 Å². The van der Waals surface area contributed by atoms with Crippen molar-refractivity contribution >= 4 is 0 Å². The molecular weight excluding hydrogens is 154 g/mol. The Labute approximate surface area is 74.6 Å². The number of aliphatic hydroxyl groups is 1. The largest absolute Gasteiger partial charge is 0.393 e. The van der Waals surface area contributed by atoms with Crippen molar-refractivity contribution in [2.75, 3.05) is 19.7 Å². The third-order valence-electron chi connectivity index (χ3n) is 1.44. The molecule has 0 aromatic rings. The topological polar surface area (TPSA) is 32.7 Å². The third-order valence-corrected chi connectivity index (χ3v) is 1.44. The fourth-order valence-electron chi connectivity index (χ4n) is 0.866. The SMILES string of the molecule is C=CCN(CCC(C)O)OCC. The van der Waals surface area contributed by atoms with Gasteiger partial charge in [0.1, 0.15) is 0 Å². The molecule has 3 heteroatoms. The van der Waals surface area contributed by atoms with Crippen LogP contribution in [0.15, 0.2) is 12.7 Å². The van der Waals surface area contributed by atoms with Gasteiger partial charge in [-0.25, -0.2) is 0 Å². The Morgan fingerprint density at radius 1 is 1.67 bits per heavy atom. The maximum absolute atomic E-state index is 9.03. The first-order valence-electron chi connectivity index (χ1n) is 4.37. The van der Waals surface area contributed by atoms with E-state index in [1.54, 1.807) is 18.1 Å². The van der Waals surface area contributed by atoms with Crippen LogP contribution in [0.2, 0.25) is 0 Å². The number of hydrogen-bond acceptors (Lipinski definition) is 3. The lowest BCUT2D eigenvalue weighted by atomic mass is 10.3. The van der Waals surface area contributed by atoms with E-state index in [0.717, 1.165) is 13.0 Å². The molecule has 1 N–H and O–H groups in total.